The molecular weight excluding hydrogens is 620 g/mol. The molecule has 256 valence electrons. The maximum Gasteiger partial charge on any atom is 0.306 e. The molecule has 0 aliphatic carbocycles. The Morgan fingerprint density at radius 2 is 0.918 bits per heavy atom. The molecule has 0 amide bonds. The number of hydrogen-bond acceptors (Lipinski definition) is 8. The van der Waals surface area contributed by atoms with Crippen molar-refractivity contribution in [3.63, 3.8) is 0 Å². The largest absolute Gasteiger partial charge is 0.490 e. The zero-order valence-electron chi connectivity index (χ0n) is 28.4. The van der Waals surface area contributed by atoms with Gasteiger partial charge in [-0.3, -0.25) is 9.59 Å². The van der Waals surface area contributed by atoms with Crippen molar-refractivity contribution in [1.82, 2.24) is 0 Å². The number of benzene rings is 5. The summed E-state index contributed by atoms with van der Waals surface area (Å²) in [6.07, 6.45) is 0.696. The molecule has 0 fully saturated rings. The lowest BCUT2D eigenvalue weighted by Gasteiger charge is -2.23. The lowest BCUT2D eigenvalue weighted by Crippen LogP contribution is -2.31. The van der Waals surface area contributed by atoms with Crippen molar-refractivity contribution in [2.24, 2.45) is 0 Å². The predicted octanol–water partition coefficient (Wildman–Crippen LogP) is 8.64. The zero-order valence-corrected chi connectivity index (χ0v) is 28.4. The summed E-state index contributed by atoms with van der Waals surface area (Å²) in [6, 6.07) is 32.8. The van der Waals surface area contributed by atoms with Crippen LogP contribution in [0.4, 0.5) is 0 Å². The standard InChI is InChI=1S/C41H44O8/c1-4-14-38(42)48-32(25-44-30-16-8-6-9-17-30)27-46-40-34-20-12-13-21-35(34)41(37-24-29(3)22-23-36(37)40)47-28-33(49-39(43)15-5-2)26-45-31-18-10-7-11-19-31/h6-13,16-24,32-33H,4-5,14-15,25-28H2,1-3H3. The fourth-order valence-electron chi connectivity index (χ4n) is 5.42. The van der Waals surface area contributed by atoms with Crippen LogP contribution in [-0.2, 0) is 19.1 Å². The number of para-hydroxylation sites is 2. The Kier molecular flexibility index (Phi) is 12.7. The number of fused-ring (bicyclic) bond motifs is 2. The van der Waals surface area contributed by atoms with Crippen LogP contribution in [-0.4, -0.2) is 50.6 Å². The molecule has 5 rings (SSSR count). The summed E-state index contributed by atoms with van der Waals surface area (Å²) in [4.78, 5) is 25.1. The molecule has 0 saturated heterocycles. The molecule has 0 radical (unpaired) electrons. The predicted molar refractivity (Wildman–Crippen MR) is 191 cm³/mol. The number of rotatable bonds is 18. The average molecular weight is 665 g/mol. The minimum absolute atomic E-state index is 0.0851. The molecule has 5 aromatic rings. The van der Waals surface area contributed by atoms with Gasteiger partial charge < -0.3 is 28.4 Å². The molecule has 0 aromatic heterocycles. The topological polar surface area (TPSA) is 89.5 Å². The van der Waals surface area contributed by atoms with E-state index in [0.717, 1.165) is 27.1 Å². The first-order valence-corrected chi connectivity index (χ1v) is 16.9. The lowest BCUT2D eigenvalue weighted by atomic mass is 9.99. The van der Waals surface area contributed by atoms with Crippen molar-refractivity contribution >= 4 is 33.5 Å². The molecule has 0 aliphatic heterocycles. The summed E-state index contributed by atoms with van der Waals surface area (Å²) in [7, 11) is 0. The normalized spacial score (nSPS) is 12.2. The summed E-state index contributed by atoms with van der Waals surface area (Å²) < 4.78 is 36.7. The number of aryl methyl sites for hydroxylation is 1. The van der Waals surface area contributed by atoms with E-state index in [1.165, 1.54) is 0 Å². The number of carbonyl (C=O) groups is 2. The van der Waals surface area contributed by atoms with Gasteiger partial charge in [0, 0.05) is 34.4 Å². The highest BCUT2D eigenvalue weighted by Crippen LogP contribution is 2.43. The van der Waals surface area contributed by atoms with E-state index in [2.05, 4.69) is 6.07 Å². The van der Waals surface area contributed by atoms with Gasteiger partial charge in [0.15, 0.2) is 12.2 Å². The van der Waals surface area contributed by atoms with Gasteiger partial charge in [0.1, 0.15) is 49.4 Å². The van der Waals surface area contributed by atoms with Gasteiger partial charge in [-0.05, 0) is 50.1 Å². The molecule has 0 heterocycles. The number of esters is 2. The minimum Gasteiger partial charge on any atom is -0.490 e. The summed E-state index contributed by atoms with van der Waals surface area (Å²) in [5.41, 5.74) is 1.04. The molecule has 5 aromatic carbocycles. The van der Waals surface area contributed by atoms with E-state index >= 15 is 0 Å². The molecule has 0 N–H and O–H groups in total. The van der Waals surface area contributed by atoms with Crippen LogP contribution in [0.15, 0.2) is 103 Å². The lowest BCUT2D eigenvalue weighted by molar-refractivity contribution is -0.153. The maximum absolute atomic E-state index is 12.6. The molecule has 2 unspecified atom stereocenters. The third-order valence-electron chi connectivity index (χ3n) is 7.77. The van der Waals surface area contributed by atoms with Crippen LogP contribution in [0.1, 0.15) is 45.1 Å². The third kappa shape index (κ3) is 9.89. The Hall–Kier alpha value is -5.24. The number of ether oxygens (including phenoxy) is 6. The summed E-state index contributed by atoms with van der Waals surface area (Å²) >= 11 is 0. The number of hydrogen-bond donors (Lipinski definition) is 0. The van der Waals surface area contributed by atoms with Crippen LogP contribution in [0.3, 0.4) is 0 Å². The van der Waals surface area contributed by atoms with Gasteiger partial charge in [-0.2, -0.15) is 0 Å². The van der Waals surface area contributed by atoms with Crippen molar-refractivity contribution < 1.29 is 38.0 Å². The van der Waals surface area contributed by atoms with Crippen molar-refractivity contribution in [2.45, 2.75) is 58.7 Å². The summed E-state index contributed by atoms with van der Waals surface area (Å²) in [5, 5.41) is 3.34. The van der Waals surface area contributed by atoms with Crippen LogP contribution < -0.4 is 18.9 Å². The summed E-state index contributed by atoms with van der Waals surface area (Å²) in [6.45, 7) is 6.34. The monoisotopic (exact) mass is 664 g/mol. The van der Waals surface area contributed by atoms with Crippen molar-refractivity contribution in [1.29, 1.82) is 0 Å². The van der Waals surface area contributed by atoms with E-state index in [0.29, 0.717) is 48.7 Å². The van der Waals surface area contributed by atoms with Gasteiger partial charge in [0.2, 0.25) is 0 Å². The Bertz CT molecular complexity index is 1810. The maximum atomic E-state index is 12.6. The molecule has 0 spiro atoms. The molecular formula is C41H44O8. The molecule has 0 bridgehead atoms. The molecule has 0 saturated carbocycles. The minimum atomic E-state index is -0.642. The Labute approximate surface area is 287 Å². The van der Waals surface area contributed by atoms with E-state index < -0.39 is 12.2 Å². The first-order chi connectivity index (χ1) is 23.9. The molecule has 8 heteroatoms. The SMILES string of the molecule is CCCC(=O)OC(COc1ccccc1)COc1c2ccccc2c(OCC(COc2ccccc2)OC(=O)CCC)c2cc(C)ccc12. The highest BCUT2D eigenvalue weighted by molar-refractivity contribution is 6.11. The van der Waals surface area contributed by atoms with Crippen LogP contribution in [0.2, 0.25) is 0 Å². The first kappa shape index (κ1) is 35.1. The van der Waals surface area contributed by atoms with Crippen LogP contribution in [0.25, 0.3) is 21.5 Å². The highest BCUT2D eigenvalue weighted by Gasteiger charge is 2.23. The van der Waals surface area contributed by atoms with Gasteiger partial charge >= 0.3 is 11.9 Å². The summed E-state index contributed by atoms with van der Waals surface area (Å²) in [5.74, 6) is 2.06. The fourth-order valence-corrected chi connectivity index (χ4v) is 5.42. The van der Waals surface area contributed by atoms with Crippen LogP contribution >= 0.6 is 0 Å². The van der Waals surface area contributed by atoms with E-state index in [1.54, 1.807) is 0 Å². The first-order valence-electron chi connectivity index (χ1n) is 16.9. The Morgan fingerprint density at radius 3 is 1.39 bits per heavy atom. The van der Waals surface area contributed by atoms with Crippen molar-refractivity contribution in [3.8, 4) is 23.0 Å². The Balaban J connectivity index is 1.43. The van der Waals surface area contributed by atoms with E-state index in [1.807, 2.05) is 118 Å². The second-order valence-corrected chi connectivity index (χ2v) is 11.8. The Morgan fingerprint density at radius 1 is 0.510 bits per heavy atom. The van der Waals surface area contributed by atoms with E-state index in [9.17, 15) is 9.59 Å². The van der Waals surface area contributed by atoms with Gasteiger partial charge in [-0.1, -0.05) is 92.2 Å². The van der Waals surface area contributed by atoms with E-state index in [-0.39, 0.29) is 38.4 Å². The van der Waals surface area contributed by atoms with Gasteiger partial charge in [0.25, 0.3) is 0 Å². The third-order valence-corrected chi connectivity index (χ3v) is 7.77. The second-order valence-electron chi connectivity index (χ2n) is 11.8. The van der Waals surface area contributed by atoms with Crippen LogP contribution in [0, 0.1) is 6.92 Å². The fraction of sp³-hybridized carbons (Fsp3) is 0.317. The molecule has 49 heavy (non-hydrogen) atoms. The average Bonchev–Trinajstić information content (AvgIpc) is 3.11. The van der Waals surface area contributed by atoms with Crippen LogP contribution in [0.5, 0.6) is 23.0 Å². The molecule has 2 atom stereocenters. The quantitative estimate of drug-likeness (QED) is 0.0680. The van der Waals surface area contributed by atoms with E-state index in [4.69, 9.17) is 28.4 Å². The second kappa shape index (κ2) is 17.8. The van der Waals surface area contributed by atoms with Gasteiger partial charge in [0.05, 0.1) is 0 Å². The van der Waals surface area contributed by atoms with Gasteiger partial charge in [-0.25, -0.2) is 0 Å². The number of carbonyl (C=O) groups excluding carboxylic acids is 2. The smallest absolute Gasteiger partial charge is 0.306 e. The molecule has 0 aliphatic rings. The highest BCUT2D eigenvalue weighted by atomic mass is 16.6. The molecule has 8 nitrogen and oxygen atoms in total. The van der Waals surface area contributed by atoms with Gasteiger partial charge in [-0.15, -0.1) is 0 Å². The zero-order chi connectivity index (χ0) is 34.4. The van der Waals surface area contributed by atoms with Crippen molar-refractivity contribution in [2.75, 3.05) is 26.4 Å². The van der Waals surface area contributed by atoms with Crippen molar-refractivity contribution in [3.05, 3.63) is 109 Å².